The molecule has 2 heterocycles. The molecule has 0 radical (unpaired) electrons. The zero-order chi connectivity index (χ0) is 13.3. The summed E-state index contributed by atoms with van der Waals surface area (Å²) < 4.78 is 1.38. The molecule has 2 aromatic rings. The molecule has 2 aromatic heterocycles. The van der Waals surface area contributed by atoms with Gasteiger partial charge in [0.25, 0.3) is 5.91 Å². The fourth-order valence-corrected chi connectivity index (χ4v) is 1.50. The highest BCUT2D eigenvalue weighted by Crippen LogP contribution is 2.12. The van der Waals surface area contributed by atoms with Gasteiger partial charge >= 0.3 is 5.97 Å². The van der Waals surface area contributed by atoms with Gasteiger partial charge in [0.05, 0.1) is 5.56 Å². The van der Waals surface area contributed by atoms with Crippen LogP contribution in [0.3, 0.4) is 0 Å². The zero-order valence-electron chi connectivity index (χ0n) is 9.49. The molecule has 0 saturated heterocycles. The molecule has 1 amide bonds. The van der Waals surface area contributed by atoms with Crippen molar-refractivity contribution in [1.82, 2.24) is 14.8 Å². The van der Waals surface area contributed by atoms with Gasteiger partial charge in [0.15, 0.2) is 5.82 Å². The van der Waals surface area contributed by atoms with Crippen LogP contribution in [0.5, 0.6) is 0 Å². The van der Waals surface area contributed by atoms with Crippen LogP contribution in [-0.4, -0.2) is 31.7 Å². The van der Waals surface area contributed by atoms with E-state index in [-0.39, 0.29) is 11.3 Å². The van der Waals surface area contributed by atoms with Gasteiger partial charge in [-0.3, -0.25) is 4.79 Å². The van der Waals surface area contributed by atoms with Gasteiger partial charge in [-0.1, -0.05) is 0 Å². The molecule has 7 heteroatoms. The van der Waals surface area contributed by atoms with Crippen molar-refractivity contribution in [2.75, 3.05) is 0 Å². The van der Waals surface area contributed by atoms with E-state index in [1.807, 2.05) is 0 Å². The molecule has 0 aliphatic carbocycles. The molecule has 0 unspecified atom stereocenters. The van der Waals surface area contributed by atoms with Crippen LogP contribution < -0.4 is 5.73 Å². The molecule has 0 atom stereocenters. The van der Waals surface area contributed by atoms with Crippen molar-refractivity contribution >= 4 is 11.9 Å². The van der Waals surface area contributed by atoms with Gasteiger partial charge < -0.3 is 10.8 Å². The number of aromatic carboxylic acids is 1. The molecule has 7 nitrogen and oxygen atoms in total. The minimum absolute atomic E-state index is 0.0959. The van der Waals surface area contributed by atoms with Crippen molar-refractivity contribution in [3.8, 4) is 5.82 Å². The molecule has 0 saturated carbocycles. The number of hydrogen-bond donors (Lipinski definition) is 2. The Morgan fingerprint density at radius 2 is 2.17 bits per heavy atom. The number of carbonyl (C=O) groups is 2. The number of aromatic nitrogens is 3. The van der Waals surface area contributed by atoms with E-state index in [0.717, 1.165) is 0 Å². The van der Waals surface area contributed by atoms with E-state index >= 15 is 0 Å². The number of primary amides is 1. The Bertz CT molecular complexity index is 633. The Morgan fingerprint density at radius 3 is 2.67 bits per heavy atom. The largest absolute Gasteiger partial charge is 0.478 e. The summed E-state index contributed by atoms with van der Waals surface area (Å²) >= 11 is 0. The number of nitrogens with zero attached hydrogens (tertiary/aromatic N) is 3. The van der Waals surface area contributed by atoms with Crippen molar-refractivity contribution in [2.45, 2.75) is 6.92 Å². The summed E-state index contributed by atoms with van der Waals surface area (Å²) in [6, 6.07) is 2.95. The lowest BCUT2D eigenvalue weighted by atomic mass is 10.2. The first-order chi connectivity index (χ1) is 8.49. The molecule has 2 rings (SSSR count). The second-order valence-electron chi connectivity index (χ2n) is 3.68. The lowest BCUT2D eigenvalue weighted by molar-refractivity contribution is 0.0696. The number of aryl methyl sites for hydroxylation is 1. The highest BCUT2D eigenvalue weighted by molar-refractivity contribution is 5.90. The first-order valence-corrected chi connectivity index (χ1v) is 5.05. The van der Waals surface area contributed by atoms with Gasteiger partial charge in [0.2, 0.25) is 0 Å². The average molecular weight is 246 g/mol. The van der Waals surface area contributed by atoms with Gasteiger partial charge in [0.1, 0.15) is 5.69 Å². The monoisotopic (exact) mass is 246 g/mol. The van der Waals surface area contributed by atoms with Gasteiger partial charge in [0, 0.05) is 12.4 Å². The second-order valence-corrected chi connectivity index (χ2v) is 3.68. The first kappa shape index (κ1) is 11.8. The number of nitrogens with two attached hydrogens (primary N) is 1. The molecule has 0 aromatic carbocycles. The van der Waals surface area contributed by atoms with E-state index < -0.39 is 11.9 Å². The number of hydrogen-bond acceptors (Lipinski definition) is 4. The van der Waals surface area contributed by atoms with E-state index in [9.17, 15) is 9.59 Å². The zero-order valence-corrected chi connectivity index (χ0v) is 9.49. The lowest BCUT2D eigenvalue weighted by Gasteiger charge is -2.05. The molecule has 0 bridgehead atoms. The van der Waals surface area contributed by atoms with Crippen LogP contribution in [0.25, 0.3) is 5.82 Å². The van der Waals surface area contributed by atoms with Crippen LogP contribution in [0, 0.1) is 6.92 Å². The Hall–Kier alpha value is -2.70. The summed E-state index contributed by atoms with van der Waals surface area (Å²) in [4.78, 5) is 25.7. The Kier molecular flexibility index (Phi) is 2.80. The van der Waals surface area contributed by atoms with Crippen molar-refractivity contribution in [3.05, 3.63) is 41.3 Å². The Balaban J connectivity index is 2.44. The summed E-state index contributed by atoms with van der Waals surface area (Å²) in [5.74, 6) is -1.23. The molecular formula is C11H10N4O3. The molecule has 18 heavy (non-hydrogen) atoms. The first-order valence-electron chi connectivity index (χ1n) is 5.05. The summed E-state index contributed by atoms with van der Waals surface area (Å²) in [5, 5.41) is 12.8. The standard InChI is InChI=1S/C11H10N4O3/c1-6-4-7(11(17)18)5-13-10(6)15-3-2-8(14-15)9(12)16/h2-5H,1H3,(H2,12,16)(H,17,18). The van der Waals surface area contributed by atoms with Gasteiger partial charge in [-0.2, -0.15) is 5.10 Å². The maximum atomic E-state index is 10.9. The van der Waals surface area contributed by atoms with E-state index in [4.69, 9.17) is 10.8 Å². The third-order valence-electron chi connectivity index (χ3n) is 2.36. The third-order valence-corrected chi connectivity index (χ3v) is 2.36. The molecule has 0 spiro atoms. The highest BCUT2D eigenvalue weighted by atomic mass is 16.4. The maximum absolute atomic E-state index is 10.9. The van der Waals surface area contributed by atoms with Crippen molar-refractivity contribution in [2.24, 2.45) is 5.73 Å². The fraction of sp³-hybridized carbons (Fsp3) is 0.0909. The number of carboxylic acid groups (broad SMARTS) is 1. The quantitative estimate of drug-likeness (QED) is 0.812. The van der Waals surface area contributed by atoms with Gasteiger partial charge in [-0.15, -0.1) is 0 Å². The fourth-order valence-electron chi connectivity index (χ4n) is 1.50. The SMILES string of the molecule is Cc1cc(C(=O)O)cnc1-n1ccc(C(N)=O)n1. The van der Waals surface area contributed by atoms with Crippen LogP contribution in [0.1, 0.15) is 26.4 Å². The summed E-state index contributed by atoms with van der Waals surface area (Å²) in [5.41, 5.74) is 5.95. The Morgan fingerprint density at radius 1 is 1.44 bits per heavy atom. The van der Waals surface area contributed by atoms with Crippen molar-refractivity contribution in [1.29, 1.82) is 0 Å². The predicted molar refractivity (Wildman–Crippen MR) is 61.6 cm³/mol. The van der Waals surface area contributed by atoms with Crippen LogP contribution in [-0.2, 0) is 0 Å². The Labute approximate surface area is 102 Å². The molecule has 92 valence electrons. The van der Waals surface area contributed by atoms with E-state index in [1.54, 1.807) is 6.92 Å². The second kappa shape index (κ2) is 4.28. The van der Waals surface area contributed by atoms with Crippen LogP contribution in [0.15, 0.2) is 24.5 Å². The maximum Gasteiger partial charge on any atom is 0.337 e. The van der Waals surface area contributed by atoms with Gasteiger partial charge in [-0.05, 0) is 24.6 Å². The highest BCUT2D eigenvalue weighted by Gasteiger charge is 2.11. The van der Waals surface area contributed by atoms with E-state index in [2.05, 4.69) is 10.1 Å². The topological polar surface area (TPSA) is 111 Å². The summed E-state index contributed by atoms with van der Waals surface area (Å²) in [7, 11) is 0. The molecule has 0 aliphatic rings. The summed E-state index contributed by atoms with van der Waals surface area (Å²) in [6.45, 7) is 1.71. The van der Waals surface area contributed by atoms with E-state index in [0.29, 0.717) is 11.4 Å². The van der Waals surface area contributed by atoms with Crippen LogP contribution >= 0.6 is 0 Å². The number of carboxylic acids is 1. The molecule has 3 N–H and O–H groups in total. The number of rotatable bonds is 3. The smallest absolute Gasteiger partial charge is 0.337 e. The predicted octanol–water partition coefficient (Wildman–Crippen LogP) is 0.373. The molecule has 0 fully saturated rings. The third kappa shape index (κ3) is 2.05. The van der Waals surface area contributed by atoms with E-state index in [1.165, 1.54) is 29.2 Å². The van der Waals surface area contributed by atoms with Crippen molar-refractivity contribution < 1.29 is 14.7 Å². The lowest BCUT2D eigenvalue weighted by Crippen LogP contribution is -2.13. The molecule has 0 aliphatic heterocycles. The summed E-state index contributed by atoms with van der Waals surface area (Å²) in [6.07, 6.45) is 2.77. The molecular weight excluding hydrogens is 236 g/mol. The number of carbonyl (C=O) groups excluding carboxylic acids is 1. The van der Waals surface area contributed by atoms with Gasteiger partial charge in [-0.25, -0.2) is 14.5 Å². The average Bonchev–Trinajstić information content (AvgIpc) is 2.78. The normalized spacial score (nSPS) is 10.3. The van der Waals surface area contributed by atoms with Crippen molar-refractivity contribution in [3.63, 3.8) is 0 Å². The van der Waals surface area contributed by atoms with Crippen LogP contribution in [0.4, 0.5) is 0 Å². The minimum Gasteiger partial charge on any atom is -0.478 e. The minimum atomic E-state index is -1.05. The number of amides is 1. The number of pyridine rings is 1. The van der Waals surface area contributed by atoms with Crippen LogP contribution in [0.2, 0.25) is 0 Å².